The summed E-state index contributed by atoms with van der Waals surface area (Å²) in [7, 11) is 0. The maximum absolute atomic E-state index is 9.37. The monoisotopic (exact) mass is 141 g/mol. The van der Waals surface area contributed by atoms with E-state index in [0.717, 1.165) is 0 Å². The summed E-state index contributed by atoms with van der Waals surface area (Å²) in [5.41, 5.74) is 0. The molecule has 0 aromatic heterocycles. The molecule has 0 bridgehead atoms. The van der Waals surface area contributed by atoms with Crippen molar-refractivity contribution >= 4 is 18.4 Å². The second-order valence-electron chi connectivity index (χ2n) is 0.885. The van der Waals surface area contributed by atoms with Crippen molar-refractivity contribution in [2.45, 2.75) is 0 Å². The van der Waals surface area contributed by atoms with Crippen LogP contribution in [0, 0.1) is 10.1 Å². The van der Waals surface area contributed by atoms with Crippen LogP contribution in [-0.2, 0) is 4.79 Å². The Labute approximate surface area is 50.9 Å². The van der Waals surface area contributed by atoms with Gasteiger partial charge in [-0.25, -0.2) is 4.79 Å². The maximum atomic E-state index is 9.37. The van der Waals surface area contributed by atoms with Gasteiger partial charge in [0.15, 0.2) is 0 Å². The van der Waals surface area contributed by atoms with Crippen LogP contribution >= 0.6 is 12.4 Å². The second kappa shape index (κ2) is 4.32. The Balaban J connectivity index is 0. The zero-order valence-corrected chi connectivity index (χ0v) is 4.55. The minimum Gasteiger partial charge on any atom is -0.476 e. The van der Waals surface area contributed by atoms with Gasteiger partial charge in [0, 0.05) is 4.92 Å². The number of hydrogen-bond acceptors (Lipinski definition) is 3. The maximum Gasteiger partial charge on any atom is 0.376 e. The van der Waals surface area contributed by atoms with Crippen molar-refractivity contribution < 1.29 is 14.8 Å². The van der Waals surface area contributed by atoms with E-state index in [2.05, 4.69) is 0 Å². The van der Waals surface area contributed by atoms with E-state index in [0.29, 0.717) is 0 Å². The van der Waals surface area contributed by atoms with Gasteiger partial charge in [0.1, 0.15) is 0 Å². The number of carbonyl (C=O) groups is 1. The van der Waals surface area contributed by atoms with Crippen molar-refractivity contribution in [2.24, 2.45) is 0 Å². The predicted octanol–water partition coefficient (Wildman–Crippen LogP) is -0.231. The summed E-state index contributed by atoms with van der Waals surface area (Å²) in [4.78, 5) is 17.7. The van der Waals surface area contributed by atoms with Crippen molar-refractivity contribution in [1.29, 1.82) is 0 Å². The molecule has 6 heteroatoms. The highest BCUT2D eigenvalue weighted by Crippen LogP contribution is 1.64. The van der Waals surface area contributed by atoms with E-state index in [-0.39, 0.29) is 12.4 Å². The molecule has 0 heterocycles. The molecule has 0 aliphatic heterocycles. The standard InChI is InChI=1S/C2H3NO4.ClH/c4-2(5)1-3(6)7;/h1H2,(H,4,5);1H. The fourth-order valence-electron chi connectivity index (χ4n) is 0.110. The number of aliphatic carboxylic acids is 1. The average molecular weight is 142 g/mol. The van der Waals surface area contributed by atoms with E-state index < -0.39 is 17.4 Å². The Kier molecular flexibility index (Phi) is 5.51. The lowest BCUT2D eigenvalue weighted by atomic mass is 10.7. The van der Waals surface area contributed by atoms with Gasteiger partial charge in [-0.05, 0) is 0 Å². The largest absolute Gasteiger partial charge is 0.476 e. The summed E-state index contributed by atoms with van der Waals surface area (Å²) in [6, 6.07) is 0. The first kappa shape index (κ1) is 10.2. The quantitative estimate of drug-likeness (QED) is 0.426. The van der Waals surface area contributed by atoms with E-state index in [1.165, 1.54) is 0 Å². The summed E-state index contributed by atoms with van der Waals surface area (Å²) in [5.74, 6) is -1.41. The van der Waals surface area contributed by atoms with Gasteiger partial charge in [-0.3, -0.25) is 10.1 Å². The first-order chi connectivity index (χ1) is 3.13. The Bertz CT molecular complexity index is 90.2. The molecule has 0 saturated carbocycles. The summed E-state index contributed by atoms with van der Waals surface area (Å²) >= 11 is 0. The van der Waals surface area contributed by atoms with Crippen LogP contribution in [-0.4, -0.2) is 22.5 Å². The zero-order valence-electron chi connectivity index (χ0n) is 3.73. The average Bonchev–Trinajstić information content (AvgIpc) is 1.27. The molecular formula is C2H4ClNO4. The Morgan fingerprint density at radius 2 is 2.12 bits per heavy atom. The van der Waals surface area contributed by atoms with Gasteiger partial charge in [0.25, 0.3) is 6.54 Å². The van der Waals surface area contributed by atoms with E-state index in [1.807, 2.05) is 0 Å². The summed E-state index contributed by atoms with van der Waals surface area (Å²) in [5, 5.41) is 16.9. The third kappa shape index (κ3) is 8.94. The van der Waals surface area contributed by atoms with Crippen molar-refractivity contribution in [3.8, 4) is 0 Å². The van der Waals surface area contributed by atoms with Gasteiger partial charge in [-0.15, -0.1) is 12.4 Å². The Morgan fingerprint density at radius 3 is 2.12 bits per heavy atom. The van der Waals surface area contributed by atoms with E-state index >= 15 is 0 Å². The topological polar surface area (TPSA) is 80.4 Å². The lowest BCUT2D eigenvalue weighted by molar-refractivity contribution is -0.469. The highest BCUT2D eigenvalue weighted by atomic mass is 35.5. The molecule has 5 nitrogen and oxygen atoms in total. The second-order valence-corrected chi connectivity index (χ2v) is 0.885. The van der Waals surface area contributed by atoms with Gasteiger partial charge in [-0.2, -0.15) is 0 Å². The predicted molar refractivity (Wildman–Crippen MR) is 26.7 cm³/mol. The van der Waals surface area contributed by atoms with Gasteiger partial charge in [0.05, 0.1) is 0 Å². The number of halogens is 1. The Hall–Kier alpha value is -0.840. The molecular weight excluding hydrogens is 137 g/mol. The van der Waals surface area contributed by atoms with E-state index in [1.54, 1.807) is 0 Å². The zero-order chi connectivity index (χ0) is 5.86. The summed E-state index contributed by atoms with van der Waals surface area (Å²) < 4.78 is 0. The third-order valence-corrected chi connectivity index (χ3v) is 0.264. The summed E-state index contributed by atoms with van der Waals surface area (Å²) in [6.07, 6.45) is 0. The molecule has 0 saturated heterocycles. The summed E-state index contributed by atoms with van der Waals surface area (Å²) in [6.45, 7) is -1.00. The number of nitro groups is 1. The van der Waals surface area contributed by atoms with Crippen LogP contribution in [0.15, 0.2) is 0 Å². The van der Waals surface area contributed by atoms with Crippen LogP contribution in [0.3, 0.4) is 0 Å². The molecule has 0 spiro atoms. The third-order valence-electron chi connectivity index (χ3n) is 0.264. The molecule has 0 aromatic rings. The van der Waals surface area contributed by atoms with Crippen molar-refractivity contribution in [3.05, 3.63) is 10.1 Å². The van der Waals surface area contributed by atoms with Gasteiger partial charge >= 0.3 is 5.97 Å². The first-order valence-electron chi connectivity index (χ1n) is 1.46. The minimum absolute atomic E-state index is 0. The molecule has 1 N–H and O–H groups in total. The fraction of sp³-hybridized carbons (Fsp3) is 0.500. The number of carboxylic acids is 1. The van der Waals surface area contributed by atoms with Crippen LogP contribution in [0.4, 0.5) is 0 Å². The number of hydrogen-bond donors (Lipinski definition) is 1. The molecule has 48 valence electrons. The van der Waals surface area contributed by atoms with Gasteiger partial charge in [-0.1, -0.05) is 0 Å². The Morgan fingerprint density at radius 1 is 1.75 bits per heavy atom. The minimum atomic E-state index is -1.41. The SMILES string of the molecule is Cl.O=C(O)C[N+](=O)[O-]. The van der Waals surface area contributed by atoms with E-state index in [9.17, 15) is 14.9 Å². The number of carboxylic acid groups (broad SMARTS) is 1. The van der Waals surface area contributed by atoms with Crippen LogP contribution in [0.2, 0.25) is 0 Å². The smallest absolute Gasteiger partial charge is 0.376 e. The molecule has 0 fully saturated rings. The van der Waals surface area contributed by atoms with Crippen LogP contribution < -0.4 is 0 Å². The number of rotatable bonds is 2. The molecule has 0 radical (unpaired) electrons. The highest BCUT2D eigenvalue weighted by Gasteiger charge is 2.02. The number of nitrogens with zero attached hydrogens (tertiary/aromatic N) is 1. The van der Waals surface area contributed by atoms with Crippen molar-refractivity contribution in [2.75, 3.05) is 6.54 Å². The fourth-order valence-corrected chi connectivity index (χ4v) is 0.110. The molecule has 0 aliphatic rings. The van der Waals surface area contributed by atoms with Gasteiger partial charge < -0.3 is 5.11 Å². The molecule has 0 aliphatic carbocycles. The lowest BCUT2D eigenvalue weighted by Crippen LogP contribution is -2.11. The molecule has 0 unspecified atom stereocenters. The lowest BCUT2D eigenvalue weighted by Gasteiger charge is -1.79. The molecule has 0 rings (SSSR count). The molecule has 0 amide bonds. The van der Waals surface area contributed by atoms with Crippen molar-refractivity contribution in [1.82, 2.24) is 0 Å². The molecule has 8 heavy (non-hydrogen) atoms. The molecule has 0 atom stereocenters. The van der Waals surface area contributed by atoms with Crippen molar-refractivity contribution in [3.63, 3.8) is 0 Å². The van der Waals surface area contributed by atoms with E-state index in [4.69, 9.17) is 5.11 Å². The molecule has 0 aromatic carbocycles. The normalized spacial score (nSPS) is 7.00. The highest BCUT2D eigenvalue weighted by molar-refractivity contribution is 5.85. The van der Waals surface area contributed by atoms with Crippen LogP contribution in [0.1, 0.15) is 0 Å². The first-order valence-corrected chi connectivity index (χ1v) is 1.46. The van der Waals surface area contributed by atoms with Crippen LogP contribution in [0.25, 0.3) is 0 Å². The van der Waals surface area contributed by atoms with Gasteiger partial charge in [0.2, 0.25) is 0 Å². The van der Waals surface area contributed by atoms with Crippen LogP contribution in [0.5, 0.6) is 0 Å².